The molecule has 0 aliphatic heterocycles. The first kappa shape index (κ1) is 15.4. The molecule has 0 radical (unpaired) electrons. The first-order valence-corrected chi connectivity index (χ1v) is 6.47. The molecule has 1 unspecified atom stereocenters. The van der Waals surface area contributed by atoms with Gasteiger partial charge in [-0.2, -0.15) is 5.26 Å². The molecule has 0 spiro atoms. The van der Waals surface area contributed by atoms with Gasteiger partial charge < -0.3 is 4.74 Å². The van der Waals surface area contributed by atoms with Gasteiger partial charge in [-0.05, 0) is 48.6 Å². The van der Waals surface area contributed by atoms with Gasteiger partial charge in [0.25, 0.3) is 5.69 Å². The number of nitrogens with zero attached hydrogens (tertiary/aromatic N) is 2. The Labute approximate surface area is 123 Å². The van der Waals surface area contributed by atoms with E-state index < -0.39 is 16.3 Å². The van der Waals surface area contributed by atoms with Gasteiger partial charge >= 0.3 is 5.97 Å². The van der Waals surface area contributed by atoms with Gasteiger partial charge in [0, 0.05) is 9.64 Å². The Balaban J connectivity index is 3.46. The molecule has 1 rings (SSSR count). The molecular weight excluding hydrogens is 363 g/mol. The van der Waals surface area contributed by atoms with E-state index >= 15 is 0 Å². The second-order valence-electron chi connectivity index (χ2n) is 3.88. The van der Waals surface area contributed by atoms with Crippen LogP contribution in [0.15, 0.2) is 18.2 Å². The summed E-state index contributed by atoms with van der Waals surface area (Å²) in [6.45, 7) is 3.03. The highest BCUT2D eigenvalue weighted by molar-refractivity contribution is 14.1. The fourth-order valence-electron chi connectivity index (χ4n) is 1.57. The van der Waals surface area contributed by atoms with Gasteiger partial charge in [-0.1, -0.05) is 0 Å². The Kier molecular flexibility index (Phi) is 4.83. The summed E-state index contributed by atoms with van der Waals surface area (Å²) in [4.78, 5) is 22.3. The van der Waals surface area contributed by atoms with Crippen LogP contribution in [-0.4, -0.2) is 17.5 Å². The van der Waals surface area contributed by atoms with E-state index in [1.165, 1.54) is 19.1 Å². The minimum atomic E-state index is -1.69. The summed E-state index contributed by atoms with van der Waals surface area (Å²) in [5.41, 5.74) is -1.91. The highest BCUT2D eigenvalue weighted by atomic mass is 127. The van der Waals surface area contributed by atoms with Crippen molar-refractivity contribution in [1.29, 1.82) is 5.26 Å². The van der Waals surface area contributed by atoms with Crippen molar-refractivity contribution in [2.75, 3.05) is 6.61 Å². The van der Waals surface area contributed by atoms with Crippen molar-refractivity contribution in [3.05, 3.63) is 37.4 Å². The van der Waals surface area contributed by atoms with E-state index in [1.54, 1.807) is 13.0 Å². The van der Waals surface area contributed by atoms with Crippen LogP contribution in [0.4, 0.5) is 5.69 Å². The summed E-state index contributed by atoms with van der Waals surface area (Å²) in [5, 5.41) is 20.3. The minimum Gasteiger partial charge on any atom is -0.465 e. The number of benzene rings is 1. The molecule has 0 aromatic heterocycles. The summed E-state index contributed by atoms with van der Waals surface area (Å²) < 4.78 is 5.48. The minimum absolute atomic E-state index is 0.0406. The summed E-state index contributed by atoms with van der Waals surface area (Å²) in [6, 6.07) is 6.16. The van der Waals surface area contributed by atoms with Crippen molar-refractivity contribution in [2.45, 2.75) is 19.3 Å². The van der Waals surface area contributed by atoms with E-state index in [1.807, 2.05) is 28.7 Å². The number of nitriles is 1. The maximum atomic E-state index is 11.9. The Morgan fingerprint density at radius 2 is 2.26 bits per heavy atom. The van der Waals surface area contributed by atoms with Gasteiger partial charge in [-0.15, -0.1) is 0 Å². The summed E-state index contributed by atoms with van der Waals surface area (Å²) in [7, 11) is 0. The number of nitro benzene ring substituents is 1. The van der Waals surface area contributed by atoms with Crippen LogP contribution in [0.2, 0.25) is 0 Å². The zero-order chi connectivity index (χ0) is 14.6. The summed E-state index contributed by atoms with van der Waals surface area (Å²) in [6.07, 6.45) is 0. The molecule has 6 nitrogen and oxygen atoms in total. The molecule has 1 aromatic rings. The van der Waals surface area contributed by atoms with Crippen LogP contribution in [0.25, 0.3) is 0 Å². The maximum Gasteiger partial charge on any atom is 0.331 e. The average Bonchev–Trinajstić information content (AvgIpc) is 2.37. The fraction of sp³-hybridized carbons (Fsp3) is 0.333. The lowest BCUT2D eigenvalue weighted by Gasteiger charge is -2.19. The molecule has 19 heavy (non-hydrogen) atoms. The first-order valence-electron chi connectivity index (χ1n) is 5.39. The molecule has 0 bridgehead atoms. The van der Waals surface area contributed by atoms with Crippen LogP contribution in [0.1, 0.15) is 19.4 Å². The highest BCUT2D eigenvalue weighted by Crippen LogP contribution is 2.33. The lowest BCUT2D eigenvalue weighted by molar-refractivity contribution is -0.385. The van der Waals surface area contributed by atoms with Gasteiger partial charge in [0.15, 0.2) is 5.41 Å². The number of esters is 1. The van der Waals surface area contributed by atoms with E-state index in [2.05, 4.69) is 0 Å². The Morgan fingerprint density at radius 3 is 2.74 bits per heavy atom. The van der Waals surface area contributed by atoms with Crippen LogP contribution >= 0.6 is 22.6 Å². The number of carbonyl (C=O) groups excluding carboxylic acids is 1. The maximum absolute atomic E-state index is 11.9. The van der Waals surface area contributed by atoms with Crippen LogP contribution in [0.5, 0.6) is 0 Å². The number of nitro groups is 1. The SMILES string of the molecule is CCOC(=O)C(C)(C#N)c1ccc(I)cc1[N+](=O)[O-]. The predicted octanol–water partition coefficient (Wildman–Crippen LogP) is 2.54. The lowest BCUT2D eigenvalue weighted by Crippen LogP contribution is -2.33. The molecule has 0 aliphatic carbocycles. The monoisotopic (exact) mass is 374 g/mol. The molecule has 1 aromatic carbocycles. The molecular formula is C12H11IN2O4. The zero-order valence-corrected chi connectivity index (χ0v) is 12.5. The van der Waals surface area contributed by atoms with E-state index in [9.17, 15) is 20.2 Å². The molecule has 0 saturated carbocycles. The molecule has 1 atom stereocenters. The largest absolute Gasteiger partial charge is 0.465 e. The molecule has 7 heteroatoms. The molecule has 0 amide bonds. The normalized spacial score (nSPS) is 13.2. The summed E-state index contributed by atoms with van der Waals surface area (Å²) >= 11 is 1.93. The van der Waals surface area contributed by atoms with Crippen molar-refractivity contribution >= 4 is 34.2 Å². The van der Waals surface area contributed by atoms with Crippen LogP contribution in [-0.2, 0) is 14.9 Å². The van der Waals surface area contributed by atoms with Crippen molar-refractivity contribution in [2.24, 2.45) is 0 Å². The molecule has 0 fully saturated rings. The smallest absolute Gasteiger partial charge is 0.331 e. The van der Waals surface area contributed by atoms with Gasteiger partial charge in [0.1, 0.15) is 0 Å². The van der Waals surface area contributed by atoms with E-state index in [0.717, 1.165) is 0 Å². The van der Waals surface area contributed by atoms with Gasteiger partial charge in [-0.25, -0.2) is 4.79 Å². The fourth-order valence-corrected chi connectivity index (χ4v) is 2.04. The molecule has 0 saturated heterocycles. The highest BCUT2D eigenvalue weighted by Gasteiger charge is 2.42. The van der Waals surface area contributed by atoms with Crippen molar-refractivity contribution in [3.63, 3.8) is 0 Å². The van der Waals surface area contributed by atoms with Gasteiger partial charge in [0.05, 0.1) is 23.2 Å². The van der Waals surface area contributed by atoms with Gasteiger partial charge in [-0.3, -0.25) is 10.1 Å². The molecule has 0 N–H and O–H groups in total. The third kappa shape index (κ3) is 3.01. The average molecular weight is 374 g/mol. The first-order chi connectivity index (χ1) is 8.86. The van der Waals surface area contributed by atoms with Crippen molar-refractivity contribution < 1.29 is 14.5 Å². The molecule has 0 heterocycles. The lowest BCUT2D eigenvalue weighted by atomic mass is 9.83. The van der Waals surface area contributed by atoms with Crippen LogP contribution in [0, 0.1) is 25.0 Å². The van der Waals surface area contributed by atoms with Crippen LogP contribution in [0.3, 0.4) is 0 Å². The number of halogens is 1. The van der Waals surface area contributed by atoms with Crippen molar-refractivity contribution in [3.8, 4) is 6.07 Å². The number of hydrogen-bond acceptors (Lipinski definition) is 5. The number of hydrogen-bond donors (Lipinski definition) is 0. The van der Waals surface area contributed by atoms with E-state index in [0.29, 0.717) is 3.57 Å². The summed E-state index contributed by atoms with van der Waals surface area (Å²) in [5.74, 6) is -0.790. The third-order valence-corrected chi connectivity index (χ3v) is 3.27. The van der Waals surface area contributed by atoms with Crippen LogP contribution < -0.4 is 0 Å². The third-order valence-electron chi connectivity index (χ3n) is 2.60. The molecule has 0 aliphatic rings. The Morgan fingerprint density at radius 1 is 1.63 bits per heavy atom. The topological polar surface area (TPSA) is 93.2 Å². The quantitative estimate of drug-likeness (QED) is 0.350. The van der Waals surface area contributed by atoms with Crippen molar-refractivity contribution in [1.82, 2.24) is 0 Å². The zero-order valence-electron chi connectivity index (χ0n) is 10.3. The van der Waals surface area contributed by atoms with E-state index in [-0.39, 0.29) is 17.9 Å². The van der Waals surface area contributed by atoms with Gasteiger partial charge in [0.2, 0.25) is 0 Å². The Bertz CT molecular complexity index is 567. The second-order valence-corrected chi connectivity index (χ2v) is 5.12. The number of carbonyl (C=O) groups is 1. The molecule has 100 valence electrons. The second kappa shape index (κ2) is 5.97. The number of rotatable bonds is 4. The standard InChI is InChI=1S/C12H11IN2O4/c1-3-19-11(16)12(2,7-14)9-5-4-8(13)6-10(9)15(17)18/h4-6H,3H2,1-2H3. The predicted molar refractivity (Wildman–Crippen MR) is 75.4 cm³/mol. The Hall–Kier alpha value is -1.69. The van der Waals surface area contributed by atoms with E-state index in [4.69, 9.17) is 4.74 Å². The number of ether oxygens (including phenoxy) is 1.